The third-order valence-corrected chi connectivity index (χ3v) is 5.32. The van der Waals surface area contributed by atoms with E-state index in [0.717, 1.165) is 32.8 Å². The number of nitrogens with one attached hydrogen (secondary N) is 1. The second-order valence-electron chi connectivity index (χ2n) is 6.20. The van der Waals surface area contributed by atoms with Crippen molar-refractivity contribution >= 4 is 27.5 Å². The number of pyridine rings is 1. The Morgan fingerprint density at radius 2 is 2.15 bits per heavy atom. The Morgan fingerprint density at radius 1 is 1.26 bits per heavy atom. The molecule has 27 heavy (non-hydrogen) atoms. The lowest BCUT2D eigenvalue weighted by molar-refractivity contribution is 0.0790. The molecule has 3 aromatic heterocycles. The van der Waals surface area contributed by atoms with Crippen LogP contribution in [0.25, 0.3) is 21.5 Å². The summed E-state index contributed by atoms with van der Waals surface area (Å²) in [4.78, 5) is 20.7. The Morgan fingerprint density at radius 3 is 2.93 bits per heavy atom. The van der Waals surface area contributed by atoms with Crippen molar-refractivity contribution in [3.63, 3.8) is 0 Å². The Kier molecular flexibility index (Phi) is 4.60. The number of aromatic amines is 1. The van der Waals surface area contributed by atoms with Crippen molar-refractivity contribution in [2.45, 2.75) is 6.54 Å². The lowest BCUT2D eigenvalue weighted by atomic mass is 10.2. The fourth-order valence-corrected chi connectivity index (χ4v) is 3.91. The minimum atomic E-state index is -0.0225. The van der Waals surface area contributed by atoms with Crippen LogP contribution in [0.3, 0.4) is 0 Å². The number of rotatable bonds is 5. The monoisotopic (exact) mass is 378 g/mol. The van der Waals surface area contributed by atoms with E-state index in [1.165, 1.54) is 11.3 Å². The number of carbonyl (C=O) groups excluding carboxylic acids is 1. The second-order valence-corrected chi connectivity index (χ2v) is 7.23. The van der Waals surface area contributed by atoms with Crippen molar-refractivity contribution in [2.75, 3.05) is 14.2 Å². The molecule has 1 N–H and O–H groups in total. The highest BCUT2D eigenvalue weighted by atomic mass is 32.1. The zero-order valence-electron chi connectivity index (χ0n) is 15.0. The number of hydrogen-bond acceptors (Lipinski definition) is 5. The molecule has 0 saturated carbocycles. The van der Waals surface area contributed by atoms with Crippen LogP contribution in [0.2, 0.25) is 0 Å². The molecule has 0 saturated heterocycles. The summed E-state index contributed by atoms with van der Waals surface area (Å²) in [5, 5.41) is 7.71. The van der Waals surface area contributed by atoms with Crippen LogP contribution in [-0.2, 0) is 6.54 Å². The number of amides is 1. The molecule has 4 rings (SSSR count). The minimum Gasteiger partial charge on any atom is -0.497 e. The number of thiophene rings is 1. The highest BCUT2D eigenvalue weighted by Crippen LogP contribution is 2.28. The molecule has 7 heteroatoms. The summed E-state index contributed by atoms with van der Waals surface area (Å²) < 4.78 is 5.25. The van der Waals surface area contributed by atoms with Crippen LogP contribution in [0.1, 0.15) is 15.2 Å². The Hall–Kier alpha value is -3.19. The fraction of sp³-hybridized carbons (Fsp3) is 0.150. The van der Waals surface area contributed by atoms with Gasteiger partial charge in [0.1, 0.15) is 10.6 Å². The van der Waals surface area contributed by atoms with E-state index in [9.17, 15) is 4.79 Å². The first kappa shape index (κ1) is 17.2. The summed E-state index contributed by atoms with van der Waals surface area (Å²) in [6, 6.07) is 13.6. The standard InChI is InChI=1S/C20H18N4O2S/c1-24(12-13-4-3-5-16(8-13)26-2)20(25)18-9-14-6-7-17(23-19(14)27-18)15-10-21-22-11-15/h3-11H,12H2,1-2H3,(H,21,22). The zero-order valence-corrected chi connectivity index (χ0v) is 15.8. The summed E-state index contributed by atoms with van der Waals surface area (Å²) in [5.74, 6) is 0.761. The number of H-pyrrole nitrogens is 1. The second kappa shape index (κ2) is 7.20. The summed E-state index contributed by atoms with van der Waals surface area (Å²) in [6.45, 7) is 0.512. The SMILES string of the molecule is COc1cccc(CN(C)C(=O)c2cc3ccc(-c4cn[nH]c4)nc3s2)c1. The van der Waals surface area contributed by atoms with Gasteiger partial charge < -0.3 is 9.64 Å². The number of aromatic nitrogens is 3. The van der Waals surface area contributed by atoms with Gasteiger partial charge in [-0.05, 0) is 35.9 Å². The summed E-state index contributed by atoms with van der Waals surface area (Å²) >= 11 is 1.41. The molecule has 3 heterocycles. The first-order valence-corrected chi connectivity index (χ1v) is 9.24. The van der Waals surface area contributed by atoms with Crippen molar-refractivity contribution in [3.8, 4) is 17.0 Å². The van der Waals surface area contributed by atoms with Gasteiger partial charge in [-0.3, -0.25) is 9.89 Å². The number of ether oxygens (including phenoxy) is 1. The molecule has 0 bridgehead atoms. The first-order chi connectivity index (χ1) is 13.1. The molecule has 0 aliphatic carbocycles. The van der Waals surface area contributed by atoms with Gasteiger partial charge in [0.2, 0.25) is 0 Å². The maximum atomic E-state index is 12.8. The lowest BCUT2D eigenvalue weighted by Crippen LogP contribution is -2.25. The number of benzene rings is 1. The van der Waals surface area contributed by atoms with Crippen molar-refractivity contribution in [1.82, 2.24) is 20.1 Å². The van der Waals surface area contributed by atoms with Gasteiger partial charge in [0.25, 0.3) is 5.91 Å². The van der Waals surface area contributed by atoms with Gasteiger partial charge in [0.05, 0.1) is 23.9 Å². The highest BCUT2D eigenvalue weighted by molar-refractivity contribution is 7.20. The molecule has 0 radical (unpaired) electrons. The molecule has 4 aromatic rings. The van der Waals surface area contributed by atoms with E-state index >= 15 is 0 Å². The van der Waals surface area contributed by atoms with Gasteiger partial charge in [0.15, 0.2) is 0 Å². The van der Waals surface area contributed by atoms with Crippen molar-refractivity contribution in [2.24, 2.45) is 0 Å². The van der Waals surface area contributed by atoms with Crippen molar-refractivity contribution in [3.05, 3.63) is 65.3 Å². The van der Waals surface area contributed by atoms with Gasteiger partial charge in [-0.1, -0.05) is 12.1 Å². The van der Waals surface area contributed by atoms with Crippen LogP contribution in [0.4, 0.5) is 0 Å². The quantitative estimate of drug-likeness (QED) is 0.570. The normalized spacial score (nSPS) is 10.9. The number of fused-ring (bicyclic) bond motifs is 1. The van der Waals surface area contributed by atoms with E-state index in [-0.39, 0.29) is 5.91 Å². The molecule has 6 nitrogen and oxygen atoms in total. The Bertz CT molecular complexity index is 1090. The van der Waals surface area contributed by atoms with Crippen LogP contribution in [0.5, 0.6) is 5.75 Å². The van der Waals surface area contributed by atoms with E-state index in [0.29, 0.717) is 11.4 Å². The van der Waals surface area contributed by atoms with Crippen molar-refractivity contribution in [1.29, 1.82) is 0 Å². The van der Waals surface area contributed by atoms with Crippen LogP contribution >= 0.6 is 11.3 Å². The number of nitrogens with zero attached hydrogens (tertiary/aromatic N) is 3. The largest absolute Gasteiger partial charge is 0.497 e. The summed E-state index contributed by atoms with van der Waals surface area (Å²) in [5.41, 5.74) is 2.78. The van der Waals surface area contributed by atoms with E-state index in [4.69, 9.17) is 4.74 Å². The van der Waals surface area contributed by atoms with Gasteiger partial charge in [-0.2, -0.15) is 5.10 Å². The van der Waals surface area contributed by atoms with Crippen LogP contribution in [0, 0.1) is 0 Å². The van der Waals surface area contributed by atoms with E-state index in [2.05, 4.69) is 15.2 Å². The summed E-state index contributed by atoms with van der Waals surface area (Å²) in [7, 11) is 3.44. The predicted molar refractivity (Wildman–Crippen MR) is 106 cm³/mol. The molecule has 0 unspecified atom stereocenters. The molecule has 0 atom stereocenters. The van der Waals surface area contributed by atoms with Gasteiger partial charge in [0, 0.05) is 30.7 Å². The molecule has 1 amide bonds. The molecule has 136 valence electrons. The molecule has 1 aromatic carbocycles. The average molecular weight is 378 g/mol. The molecular formula is C20H18N4O2S. The fourth-order valence-electron chi connectivity index (χ4n) is 2.88. The smallest absolute Gasteiger partial charge is 0.264 e. The van der Waals surface area contributed by atoms with Gasteiger partial charge in [-0.25, -0.2) is 4.98 Å². The topological polar surface area (TPSA) is 71.1 Å². The average Bonchev–Trinajstić information content (AvgIpc) is 3.36. The third-order valence-electron chi connectivity index (χ3n) is 4.29. The van der Waals surface area contributed by atoms with Crippen LogP contribution in [-0.4, -0.2) is 40.1 Å². The molecule has 0 aliphatic rings. The van der Waals surface area contributed by atoms with Crippen LogP contribution in [0.15, 0.2) is 54.9 Å². The molecule has 0 fully saturated rings. The predicted octanol–water partition coefficient (Wildman–Crippen LogP) is 3.97. The summed E-state index contributed by atoms with van der Waals surface area (Å²) in [6.07, 6.45) is 3.53. The van der Waals surface area contributed by atoms with Gasteiger partial charge >= 0.3 is 0 Å². The number of hydrogen-bond donors (Lipinski definition) is 1. The Labute approximate surface area is 160 Å². The molecular weight excluding hydrogens is 360 g/mol. The van der Waals surface area contributed by atoms with Crippen LogP contribution < -0.4 is 4.74 Å². The Balaban J connectivity index is 1.56. The minimum absolute atomic E-state index is 0.0225. The molecule has 0 aliphatic heterocycles. The lowest BCUT2D eigenvalue weighted by Gasteiger charge is -2.16. The first-order valence-electron chi connectivity index (χ1n) is 8.42. The van der Waals surface area contributed by atoms with E-state index < -0.39 is 0 Å². The van der Waals surface area contributed by atoms with Gasteiger partial charge in [-0.15, -0.1) is 11.3 Å². The number of carbonyl (C=O) groups is 1. The maximum Gasteiger partial charge on any atom is 0.264 e. The van der Waals surface area contributed by atoms with E-state index in [1.807, 2.05) is 42.5 Å². The molecule has 0 spiro atoms. The zero-order chi connectivity index (χ0) is 18.8. The highest BCUT2D eigenvalue weighted by Gasteiger charge is 2.16. The van der Waals surface area contributed by atoms with Crippen molar-refractivity contribution < 1.29 is 9.53 Å². The van der Waals surface area contributed by atoms with E-state index in [1.54, 1.807) is 31.5 Å². The maximum absolute atomic E-state index is 12.8. The number of methoxy groups -OCH3 is 1. The third kappa shape index (κ3) is 3.54.